The maximum atomic E-state index is 13.1. The number of nitrogens with one attached hydrogen (secondary N) is 1. The average molecular weight is 866 g/mol. The summed E-state index contributed by atoms with van der Waals surface area (Å²) in [6.07, 6.45) is 25.0. The number of aliphatic hydroxyl groups is 4. The molecule has 0 aliphatic carbocycles. The lowest BCUT2D eigenvalue weighted by atomic mass is 9.99. The van der Waals surface area contributed by atoms with Crippen molar-refractivity contribution in [2.24, 2.45) is 0 Å². The molecule has 1 aliphatic heterocycles. The number of nitrogens with zero attached hydrogens (tertiary/aromatic N) is 1. The van der Waals surface area contributed by atoms with Crippen LogP contribution in [-0.4, -0.2) is 126 Å². The van der Waals surface area contributed by atoms with Gasteiger partial charge in [0, 0.05) is 6.42 Å². The fourth-order valence-electron chi connectivity index (χ4n) is 7.13. The van der Waals surface area contributed by atoms with E-state index in [2.05, 4.69) is 19.2 Å². The summed E-state index contributed by atoms with van der Waals surface area (Å²) in [7, 11) is 1.18. The molecule has 350 valence electrons. The van der Waals surface area contributed by atoms with E-state index in [9.17, 15) is 34.7 Å². The molecule has 13 nitrogen and oxygen atoms in total. The van der Waals surface area contributed by atoms with Crippen LogP contribution in [0, 0.1) is 0 Å². The van der Waals surface area contributed by atoms with Crippen molar-refractivity contribution in [3.05, 3.63) is 12.2 Å². The summed E-state index contributed by atoms with van der Waals surface area (Å²) in [6, 6.07) is -0.889. The van der Waals surface area contributed by atoms with Crippen molar-refractivity contribution >= 4 is 13.7 Å². The highest BCUT2D eigenvalue weighted by atomic mass is 31.2. The number of aliphatic hydroxyl groups excluding tert-OH is 4. The second-order valence-electron chi connectivity index (χ2n) is 17.9. The van der Waals surface area contributed by atoms with Gasteiger partial charge in [-0.3, -0.25) is 13.8 Å². The molecular weight excluding hydrogens is 775 g/mol. The van der Waals surface area contributed by atoms with E-state index >= 15 is 0 Å². The number of carbonyl (C=O) groups excluding carboxylic acids is 1. The van der Waals surface area contributed by atoms with Gasteiger partial charge >= 0.3 is 7.82 Å². The first kappa shape index (κ1) is 56.1. The van der Waals surface area contributed by atoms with Gasteiger partial charge in [0.2, 0.25) is 5.91 Å². The highest BCUT2D eigenvalue weighted by Crippen LogP contribution is 2.43. The van der Waals surface area contributed by atoms with E-state index in [4.69, 9.17) is 18.5 Å². The molecule has 0 aromatic carbocycles. The third kappa shape index (κ3) is 29.9. The van der Waals surface area contributed by atoms with Crippen LogP contribution in [-0.2, 0) is 27.9 Å². The third-order valence-electron chi connectivity index (χ3n) is 11.1. The van der Waals surface area contributed by atoms with Crippen LogP contribution in [0.3, 0.4) is 0 Å². The minimum atomic E-state index is -4.52. The van der Waals surface area contributed by atoms with E-state index in [1.165, 1.54) is 116 Å². The zero-order chi connectivity index (χ0) is 43.8. The molecule has 0 bridgehead atoms. The van der Waals surface area contributed by atoms with Gasteiger partial charge < -0.3 is 44.6 Å². The van der Waals surface area contributed by atoms with E-state index in [-0.39, 0.29) is 19.1 Å². The smallest absolute Gasteiger partial charge is 0.387 e. The molecule has 1 rings (SSSR count). The molecule has 59 heavy (non-hydrogen) atoms. The van der Waals surface area contributed by atoms with Gasteiger partial charge in [-0.2, -0.15) is 0 Å². The summed E-state index contributed by atoms with van der Waals surface area (Å²) in [5, 5.41) is 45.9. The summed E-state index contributed by atoms with van der Waals surface area (Å²) in [5.74, 6) is -0.227. The van der Waals surface area contributed by atoms with Crippen molar-refractivity contribution in [3.8, 4) is 0 Å². The normalized spacial score (nSPS) is 22.1. The lowest BCUT2D eigenvalue weighted by Gasteiger charge is -2.40. The molecular formula is C45H90N2O11P+. The first-order chi connectivity index (χ1) is 28.2. The third-order valence-corrected chi connectivity index (χ3v) is 12.1. The van der Waals surface area contributed by atoms with Gasteiger partial charge in [-0.1, -0.05) is 167 Å². The standard InChI is InChI=1S/C45H89N2O11P/c1-6-8-10-12-14-16-18-20-22-24-26-28-30-32-39(48)38(46-41(49)33-31-29-27-25-23-21-19-17-15-13-11-9-7-2)36-55-45-44(52)43(51)42(50)40(58-45)37-57-59(53,54)56-35-34-47(3,4)5/h30,32,38-40,42-45,48,50-52H,6-29,31,33-37H2,1-5H3,(H-,46,49,53,54)/p+1/b32-30+/t38-,39+,40?,42?,43?,44?,45?/m0/s1. The highest BCUT2D eigenvalue weighted by molar-refractivity contribution is 7.47. The molecule has 1 amide bonds. The van der Waals surface area contributed by atoms with Gasteiger partial charge in [-0.15, -0.1) is 0 Å². The van der Waals surface area contributed by atoms with Crippen LogP contribution in [0.25, 0.3) is 0 Å². The molecule has 1 aliphatic rings. The number of allylic oxidation sites excluding steroid dienone is 1. The van der Waals surface area contributed by atoms with Crippen LogP contribution in [0.5, 0.6) is 0 Å². The Hall–Kier alpha value is -0.960. The lowest BCUT2D eigenvalue weighted by molar-refractivity contribution is -0.870. The quantitative estimate of drug-likeness (QED) is 0.0151. The predicted molar refractivity (Wildman–Crippen MR) is 236 cm³/mol. The summed E-state index contributed by atoms with van der Waals surface area (Å²) in [5.41, 5.74) is 0. The minimum Gasteiger partial charge on any atom is -0.387 e. The largest absolute Gasteiger partial charge is 0.472 e. The Bertz CT molecular complexity index is 1090. The monoisotopic (exact) mass is 866 g/mol. The Morgan fingerprint density at radius 1 is 0.712 bits per heavy atom. The van der Waals surface area contributed by atoms with Gasteiger partial charge in [-0.05, 0) is 19.3 Å². The van der Waals surface area contributed by atoms with Crippen molar-refractivity contribution in [1.29, 1.82) is 0 Å². The summed E-state index contributed by atoms with van der Waals surface area (Å²) in [6.45, 7) is 3.96. The van der Waals surface area contributed by atoms with Crippen molar-refractivity contribution in [1.82, 2.24) is 5.32 Å². The zero-order valence-corrected chi connectivity index (χ0v) is 38.9. The molecule has 1 saturated heterocycles. The second-order valence-corrected chi connectivity index (χ2v) is 19.3. The Morgan fingerprint density at radius 3 is 1.68 bits per heavy atom. The Morgan fingerprint density at radius 2 is 1.19 bits per heavy atom. The Balaban J connectivity index is 2.67. The highest BCUT2D eigenvalue weighted by Gasteiger charge is 2.45. The Labute approximate surface area is 359 Å². The molecule has 0 saturated carbocycles. The van der Waals surface area contributed by atoms with Crippen LogP contribution >= 0.6 is 7.82 Å². The number of phosphoric acid groups is 1. The fourth-order valence-corrected chi connectivity index (χ4v) is 7.85. The van der Waals surface area contributed by atoms with Crippen LogP contribution in [0.4, 0.5) is 0 Å². The molecule has 0 aromatic heterocycles. The van der Waals surface area contributed by atoms with Crippen LogP contribution in [0.1, 0.15) is 181 Å². The Kier molecular flexibility index (Phi) is 32.8. The number of carbonyl (C=O) groups is 1. The summed E-state index contributed by atoms with van der Waals surface area (Å²) < 4.78 is 34.6. The molecule has 0 aromatic rings. The number of likely N-dealkylation sites (N-methyl/N-ethyl adjacent to an activating group) is 1. The number of amides is 1. The number of hydrogen-bond acceptors (Lipinski definition) is 10. The van der Waals surface area contributed by atoms with Gasteiger partial charge in [0.15, 0.2) is 6.29 Å². The van der Waals surface area contributed by atoms with Crippen LogP contribution in [0.15, 0.2) is 12.2 Å². The number of unbranched alkanes of at least 4 members (excludes halogenated alkanes) is 23. The SMILES string of the molecule is CCCCCCCCCCCCC/C=C/[C@@H](O)[C@H](COC1OC(COP(=O)(O)OCC[N+](C)(C)C)C(O)C(O)C1O)NC(=O)CCCCCCCCCCCCCCC. The number of phosphoric ester groups is 1. The average Bonchev–Trinajstić information content (AvgIpc) is 3.18. The summed E-state index contributed by atoms with van der Waals surface area (Å²) in [4.78, 5) is 23.2. The molecule has 8 atom stereocenters. The van der Waals surface area contributed by atoms with Crippen LogP contribution in [0.2, 0.25) is 0 Å². The predicted octanol–water partition coefficient (Wildman–Crippen LogP) is 8.23. The lowest BCUT2D eigenvalue weighted by Crippen LogP contribution is -2.60. The van der Waals surface area contributed by atoms with Crippen molar-refractivity contribution in [2.75, 3.05) is 47.5 Å². The first-order valence-corrected chi connectivity index (χ1v) is 25.1. The van der Waals surface area contributed by atoms with E-state index in [1.54, 1.807) is 6.08 Å². The second kappa shape index (κ2) is 34.5. The number of quaternary nitrogens is 1. The number of hydrogen-bond donors (Lipinski definition) is 6. The zero-order valence-electron chi connectivity index (χ0n) is 38.0. The fraction of sp³-hybridized carbons (Fsp3) is 0.933. The molecule has 0 radical (unpaired) electrons. The summed E-state index contributed by atoms with van der Waals surface area (Å²) >= 11 is 0. The van der Waals surface area contributed by atoms with Crippen LogP contribution < -0.4 is 5.32 Å². The molecule has 6 N–H and O–H groups in total. The molecule has 0 spiro atoms. The molecule has 1 fully saturated rings. The van der Waals surface area contributed by atoms with Gasteiger partial charge in [-0.25, -0.2) is 4.57 Å². The molecule has 6 unspecified atom stereocenters. The van der Waals surface area contributed by atoms with E-state index in [0.29, 0.717) is 17.4 Å². The minimum absolute atomic E-state index is 0.0546. The van der Waals surface area contributed by atoms with E-state index < -0.39 is 57.3 Å². The van der Waals surface area contributed by atoms with Crippen molar-refractivity contribution < 1.29 is 57.7 Å². The molecule has 14 heteroatoms. The maximum absolute atomic E-state index is 13.1. The maximum Gasteiger partial charge on any atom is 0.472 e. The first-order valence-electron chi connectivity index (χ1n) is 23.6. The van der Waals surface area contributed by atoms with Gasteiger partial charge in [0.1, 0.15) is 37.6 Å². The number of ether oxygens (including phenoxy) is 2. The topological polar surface area (TPSA) is 184 Å². The number of rotatable bonds is 39. The van der Waals surface area contributed by atoms with E-state index in [0.717, 1.165) is 44.9 Å². The van der Waals surface area contributed by atoms with Crippen molar-refractivity contribution in [2.45, 2.75) is 224 Å². The van der Waals surface area contributed by atoms with E-state index in [1.807, 2.05) is 27.2 Å². The molecule has 1 heterocycles. The van der Waals surface area contributed by atoms with Gasteiger partial charge in [0.05, 0.1) is 46.5 Å². The van der Waals surface area contributed by atoms with Gasteiger partial charge in [0.25, 0.3) is 0 Å². The van der Waals surface area contributed by atoms with Crippen molar-refractivity contribution in [3.63, 3.8) is 0 Å².